The van der Waals surface area contributed by atoms with Crippen molar-refractivity contribution in [3.8, 4) is 0 Å². The van der Waals surface area contributed by atoms with Crippen LogP contribution in [0.1, 0.15) is 19.8 Å². The molecular formula is C14H21FN3S+. The van der Waals surface area contributed by atoms with Crippen LogP contribution in [0.2, 0.25) is 0 Å². The molecule has 0 aromatic heterocycles. The van der Waals surface area contributed by atoms with E-state index >= 15 is 0 Å². The minimum atomic E-state index is -0.237. The zero-order chi connectivity index (χ0) is 13.7. The Balaban J connectivity index is 1.77. The summed E-state index contributed by atoms with van der Waals surface area (Å²) in [6, 6.07) is 6.68. The molecule has 1 aromatic carbocycles. The molecule has 0 aliphatic carbocycles. The second-order valence-corrected chi connectivity index (χ2v) is 5.39. The van der Waals surface area contributed by atoms with E-state index in [9.17, 15) is 4.39 Å². The van der Waals surface area contributed by atoms with Crippen LogP contribution >= 0.6 is 12.2 Å². The zero-order valence-corrected chi connectivity index (χ0v) is 12.0. The summed E-state index contributed by atoms with van der Waals surface area (Å²) < 4.78 is 12.8. The van der Waals surface area contributed by atoms with Gasteiger partial charge in [-0.15, -0.1) is 0 Å². The molecule has 0 amide bonds. The van der Waals surface area contributed by atoms with Crippen molar-refractivity contribution in [2.75, 3.05) is 25.0 Å². The fourth-order valence-electron chi connectivity index (χ4n) is 2.41. The molecule has 2 rings (SSSR count). The Morgan fingerprint density at radius 2 is 1.95 bits per heavy atom. The lowest BCUT2D eigenvalue weighted by Gasteiger charge is -2.29. The van der Waals surface area contributed by atoms with Gasteiger partial charge < -0.3 is 15.5 Å². The number of halogens is 1. The highest BCUT2D eigenvalue weighted by atomic mass is 32.1. The van der Waals surface area contributed by atoms with Gasteiger partial charge in [0, 0.05) is 24.6 Å². The number of benzene rings is 1. The van der Waals surface area contributed by atoms with Crippen LogP contribution in [0.15, 0.2) is 24.3 Å². The summed E-state index contributed by atoms with van der Waals surface area (Å²) in [6.45, 7) is 5.83. The van der Waals surface area contributed by atoms with E-state index < -0.39 is 0 Å². The molecule has 3 nitrogen and oxygen atoms in total. The Bertz CT molecular complexity index is 413. The minimum Gasteiger partial charge on any atom is -0.359 e. The van der Waals surface area contributed by atoms with E-state index in [-0.39, 0.29) is 5.82 Å². The van der Waals surface area contributed by atoms with Crippen LogP contribution < -0.4 is 15.5 Å². The maximum atomic E-state index is 12.8. The predicted octanol–water partition coefficient (Wildman–Crippen LogP) is 1.18. The van der Waals surface area contributed by atoms with Crippen LogP contribution in [-0.2, 0) is 0 Å². The lowest BCUT2D eigenvalue weighted by atomic mass is 10.1. The maximum absolute atomic E-state index is 12.8. The molecule has 1 aromatic rings. The van der Waals surface area contributed by atoms with Gasteiger partial charge in [-0.05, 0) is 43.4 Å². The molecule has 1 fully saturated rings. The molecule has 1 saturated heterocycles. The quantitative estimate of drug-likeness (QED) is 0.727. The fourth-order valence-corrected chi connectivity index (χ4v) is 2.69. The van der Waals surface area contributed by atoms with Crippen molar-refractivity contribution in [3.05, 3.63) is 30.1 Å². The highest BCUT2D eigenvalue weighted by Crippen LogP contribution is 2.08. The van der Waals surface area contributed by atoms with Crippen LogP contribution in [0, 0.1) is 5.82 Å². The molecular weight excluding hydrogens is 261 g/mol. The van der Waals surface area contributed by atoms with Gasteiger partial charge >= 0.3 is 0 Å². The minimum absolute atomic E-state index is 0.237. The van der Waals surface area contributed by atoms with E-state index in [1.807, 2.05) is 0 Å². The van der Waals surface area contributed by atoms with Crippen LogP contribution in [-0.4, -0.2) is 30.8 Å². The standard InChI is InChI=1S/C14H20FN3S/c1-2-18-9-7-13(8-10-18)17-14(19)16-12-5-3-11(15)4-6-12/h3-6,13H,2,7-10H2,1H3,(H2,16,17,19)/p+1. The van der Waals surface area contributed by atoms with Gasteiger partial charge in [0.25, 0.3) is 0 Å². The first-order valence-corrected chi connectivity index (χ1v) is 7.25. The van der Waals surface area contributed by atoms with E-state index in [0.29, 0.717) is 11.2 Å². The smallest absolute Gasteiger partial charge is 0.171 e. The molecule has 3 N–H and O–H groups in total. The van der Waals surface area contributed by atoms with Gasteiger partial charge in [0.2, 0.25) is 0 Å². The molecule has 19 heavy (non-hydrogen) atoms. The van der Waals surface area contributed by atoms with Crippen molar-refractivity contribution in [2.24, 2.45) is 0 Å². The average Bonchev–Trinajstić information content (AvgIpc) is 2.42. The number of likely N-dealkylation sites (tertiary alicyclic amines) is 1. The summed E-state index contributed by atoms with van der Waals surface area (Å²) >= 11 is 5.28. The molecule has 0 unspecified atom stereocenters. The molecule has 1 heterocycles. The van der Waals surface area contributed by atoms with Crippen LogP contribution in [0.5, 0.6) is 0 Å². The van der Waals surface area contributed by atoms with Gasteiger partial charge in [-0.3, -0.25) is 0 Å². The first kappa shape index (κ1) is 14.2. The number of piperidine rings is 1. The monoisotopic (exact) mass is 282 g/mol. The van der Waals surface area contributed by atoms with E-state index in [4.69, 9.17) is 12.2 Å². The van der Waals surface area contributed by atoms with Crippen molar-refractivity contribution in [2.45, 2.75) is 25.8 Å². The van der Waals surface area contributed by atoms with Crippen molar-refractivity contribution >= 4 is 23.0 Å². The Kier molecular flexibility index (Phi) is 5.10. The predicted molar refractivity (Wildman–Crippen MR) is 80.0 cm³/mol. The third kappa shape index (κ3) is 4.44. The Hall–Kier alpha value is -1.20. The summed E-state index contributed by atoms with van der Waals surface area (Å²) in [7, 11) is 0. The number of rotatable bonds is 3. The van der Waals surface area contributed by atoms with Gasteiger partial charge in [0.1, 0.15) is 5.82 Å². The molecule has 1 aliphatic rings. The summed E-state index contributed by atoms with van der Waals surface area (Å²) in [5, 5.41) is 7.05. The Labute approximate surface area is 119 Å². The number of hydrogen-bond acceptors (Lipinski definition) is 1. The molecule has 0 saturated carbocycles. The van der Waals surface area contributed by atoms with Crippen molar-refractivity contribution in [1.29, 1.82) is 0 Å². The normalized spacial score (nSPS) is 22.8. The van der Waals surface area contributed by atoms with Crippen molar-refractivity contribution < 1.29 is 9.29 Å². The Morgan fingerprint density at radius 1 is 1.32 bits per heavy atom. The molecule has 0 spiro atoms. The number of thiocarbonyl (C=S) groups is 1. The van der Waals surface area contributed by atoms with Gasteiger partial charge in [0.05, 0.1) is 19.6 Å². The van der Waals surface area contributed by atoms with Gasteiger partial charge in [-0.25, -0.2) is 4.39 Å². The number of hydrogen-bond donors (Lipinski definition) is 3. The summed E-state index contributed by atoms with van der Waals surface area (Å²) in [5.74, 6) is -0.237. The lowest BCUT2D eigenvalue weighted by Crippen LogP contribution is -3.13. The van der Waals surface area contributed by atoms with Crippen LogP contribution in [0.3, 0.4) is 0 Å². The molecule has 0 radical (unpaired) electrons. The molecule has 1 aliphatic heterocycles. The second-order valence-electron chi connectivity index (χ2n) is 4.98. The topological polar surface area (TPSA) is 28.5 Å². The molecule has 0 atom stereocenters. The Morgan fingerprint density at radius 3 is 2.53 bits per heavy atom. The number of quaternary nitrogens is 1. The van der Waals surface area contributed by atoms with E-state index in [1.165, 1.54) is 31.8 Å². The second kappa shape index (κ2) is 6.82. The van der Waals surface area contributed by atoms with Crippen molar-refractivity contribution in [1.82, 2.24) is 5.32 Å². The van der Waals surface area contributed by atoms with E-state index in [0.717, 1.165) is 18.5 Å². The summed E-state index contributed by atoms with van der Waals surface area (Å²) in [4.78, 5) is 1.66. The number of nitrogens with one attached hydrogen (secondary N) is 3. The highest BCUT2D eigenvalue weighted by Gasteiger charge is 2.21. The van der Waals surface area contributed by atoms with Gasteiger partial charge in [0.15, 0.2) is 5.11 Å². The third-order valence-corrected chi connectivity index (χ3v) is 3.85. The van der Waals surface area contributed by atoms with E-state index in [1.54, 1.807) is 17.0 Å². The SMILES string of the molecule is CC[NH+]1CCC(NC(=S)Nc2ccc(F)cc2)CC1. The fraction of sp³-hybridized carbons (Fsp3) is 0.500. The molecule has 104 valence electrons. The molecule has 5 heteroatoms. The van der Waals surface area contributed by atoms with Gasteiger partial charge in [-0.1, -0.05) is 0 Å². The zero-order valence-electron chi connectivity index (χ0n) is 11.2. The summed E-state index contributed by atoms with van der Waals surface area (Å²) in [5.41, 5.74) is 0.815. The largest absolute Gasteiger partial charge is 0.359 e. The maximum Gasteiger partial charge on any atom is 0.171 e. The van der Waals surface area contributed by atoms with Crippen LogP contribution in [0.25, 0.3) is 0 Å². The number of anilines is 1. The van der Waals surface area contributed by atoms with Crippen molar-refractivity contribution in [3.63, 3.8) is 0 Å². The third-order valence-electron chi connectivity index (χ3n) is 3.63. The van der Waals surface area contributed by atoms with Gasteiger partial charge in [-0.2, -0.15) is 0 Å². The first-order chi connectivity index (χ1) is 9.17. The summed E-state index contributed by atoms with van der Waals surface area (Å²) in [6.07, 6.45) is 2.29. The lowest BCUT2D eigenvalue weighted by molar-refractivity contribution is -0.903. The average molecular weight is 282 g/mol. The molecule has 0 bridgehead atoms. The van der Waals surface area contributed by atoms with Crippen LogP contribution in [0.4, 0.5) is 10.1 Å². The first-order valence-electron chi connectivity index (χ1n) is 6.84. The van der Waals surface area contributed by atoms with E-state index in [2.05, 4.69) is 17.6 Å². The highest BCUT2D eigenvalue weighted by molar-refractivity contribution is 7.80.